The fourth-order valence-electron chi connectivity index (χ4n) is 18.1. The average Bonchev–Trinajstić information content (AvgIpc) is 0.926. The smallest absolute Gasteiger partial charge is 0.335 e. The maximum atomic E-state index is 13.4. The number of carboxylic acid groups (broad SMARTS) is 1. The maximum absolute atomic E-state index is 13.4. The first kappa shape index (κ1) is 73.6. The largest absolute Gasteiger partial charge is 0.479 e. The van der Waals surface area contributed by atoms with Crippen LogP contribution in [0.4, 0.5) is 0 Å². The molecule has 9 aliphatic rings. The van der Waals surface area contributed by atoms with Gasteiger partial charge in [-0.25, -0.2) is 14.4 Å². The molecule has 4 aliphatic heterocycles. The summed E-state index contributed by atoms with van der Waals surface area (Å²) in [5.41, 5.74) is -5.96. The molecule has 4 saturated carbocycles. The Morgan fingerprint density at radius 1 is 0.624 bits per heavy atom. The summed E-state index contributed by atoms with van der Waals surface area (Å²) in [6, 6.07) is 0. The highest BCUT2D eigenvalue weighted by Crippen LogP contribution is 2.76. The van der Waals surface area contributed by atoms with Crippen LogP contribution in [0.1, 0.15) is 142 Å². The minimum Gasteiger partial charge on any atom is -0.479 e. The molecular weight excluding hydrogens is 1220 g/mol. The van der Waals surface area contributed by atoms with Crippen molar-refractivity contribution < 1.29 is 133 Å². The van der Waals surface area contributed by atoms with Crippen molar-refractivity contribution in [3.63, 3.8) is 0 Å². The van der Waals surface area contributed by atoms with E-state index in [0.717, 1.165) is 5.57 Å². The lowest BCUT2D eigenvalue weighted by atomic mass is 9.33. The van der Waals surface area contributed by atoms with Gasteiger partial charge in [-0.2, -0.15) is 0 Å². The van der Waals surface area contributed by atoms with Crippen LogP contribution < -0.4 is 0 Å². The van der Waals surface area contributed by atoms with Crippen molar-refractivity contribution in [3.8, 4) is 0 Å². The van der Waals surface area contributed by atoms with E-state index in [1.165, 1.54) is 26.8 Å². The second kappa shape index (κ2) is 26.9. The Morgan fingerprint density at radius 3 is 1.76 bits per heavy atom. The fourth-order valence-corrected chi connectivity index (χ4v) is 18.1. The summed E-state index contributed by atoms with van der Waals surface area (Å²) in [4.78, 5) is 52.6. The van der Waals surface area contributed by atoms with E-state index in [9.17, 15) is 80.5 Å². The van der Waals surface area contributed by atoms with Gasteiger partial charge in [0.25, 0.3) is 0 Å². The number of allylic oxidation sites excluding steroid dienone is 4. The molecule has 9 rings (SSSR count). The normalized spacial score (nSPS) is 48.8. The van der Waals surface area contributed by atoms with Crippen LogP contribution in [0, 0.1) is 50.2 Å². The zero-order valence-electron chi connectivity index (χ0n) is 55.7. The first-order valence-electron chi connectivity index (χ1n) is 32.7. The molecule has 5 aliphatic carbocycles. The van der Waals surface area contributed by atoms with Gasteiger partial charge in [-0.3, -0.25) is 4.79 Å². The van der Waals surface area contributed by atoms with E-state index >= 15 is 0 Å². The molecule has 14 unspecified atom stereocenters. The predicted octanol–water partition coefficient (Wildman–Crippen LogP) is 1.10. The van der Waals surface area contributed by atoms with Gasteiger partial charge in [0.15, 0.2) is 43.5 Å². The van der Waals surface area contributed by atoms with Crippen LogP contribution in [-0.4, -0.2) is 246 Å². The molecule has 8 fully saturated rings. The molecule has 93 heavy (non-hydrogen) atoms. The Morgan fingerprint density at radius 2 is 1.18 bits per heavy atom. The molecule has 0 aromatic rings. The highest BCUT2D eigenvalue weighted by molar-refractivity contribution is 5.88. The molecule has 4 heterocycles. The molecular formula is C66H102O27. The second-order valence-corrected chi connectivity index (χ2v) is 30.0. The van der Waals surface area contributed by atoms with E-state index in [0.29, 0.717) is 32.1 Å². The number of hydrogen-bond acceptors (Lipinski definition) is 26. The molecule has 27 nitrogen and oxygen atoms in total. The standard InChI is InChI=1S/C66H102O27/c1-15-28(3)54(81)88-46-30(5)84-57(45(76)47(46)89-55(82)29(4)16-2)91-51-50(78)66(27-83-31(6)69)33(23-60(51,7)8)32-17-18-37-62(11)21-20-39(61(9,10)36(62)19-22-63(37,12)64(32,13)24-38(66)70)87-59-52(92-56-44(75)42(73)40(71)34(25-67)85-56)65(14,49(77)48(90-59)53(79)80)93-58-43(74)41(72)35(26-68)86-58/h15-17,30,33-52,56-59,67-68,70-78H,18-27H2,1-14H3,(H,79,80)/b28-15-,29-16-/t30?,33?,34?,35-,36?,37?,38+,39-,40-,41?,42?,43?,44?,45?,46-,47?,48?,49+,50-,51-,52?,56-,57-,58-,59+,62-,63+,64+,65?,66-/m0/s1. The third-order valence-corrected chi connectivity index (χ3v) is 24.1. The van der Waals surface area contributed by atoms with Crippen LogP contribution in [0.25, 0.3) is 0 Å². The third-order valence-electron chi connectivity index (χ3n) is 24.1. The molecule has 12 N–H and O–H groups in total. The Kier molecular flexibility index (Phi) is 21.3. The highest BCUT2D eigenvalue weighted by Gasteiger charge is 2.74. The monoisotopic (exact) mass is 1330 g/mol. The number of carbonyl (C=O) groups is 4. The van der Waals surface area contributed by atoms with Crippen molar-refractivity contribution in [2.24, 2.45) is 50.2 Å². The fraction of sp³-hybridized carbons (Fsp3) is 0.848. The number of rotatable bonds is 17. The number of aliphatic hydroxyl groups excluding tert-OH is 11. The molecule has 4 saturated heterocycles. The minimum atomic E-state index is -2.38. The van der Waals surface area contributed by atoms with Crippen molar-refractivity contribution in [2.75, 3.05) is 19.8 Å². The zero-order valence-corrected chi connectivity index (χ0v) is 55.7. The Bertz CT molecular complexity index is 2840. The number of carboxylic acids is 1. The molecule has 0 amide bonds. The van der Waals surface area contributed by atoms with Crippen LogP contribution in [0.3, 0.4) is 0 Å². The lowest BCUT2D eigenvalue weighted by Gasteiger charge is -2.72. The van der Waals surface area contributed by atoms with Gasteiger partial charge in [-0.15, -0.1) is 0 Å². The first-order valence-corrected chi connectivity index (χ1v) is 32.7. The second-order valence-electron chi connectivity index (χ2n) is 30.0. The summed E-state index contributed by atoms with van der Waals surface area (Å²) in [5, 5.41) is 136. The van der Waals surface area contributed by atoms with Crippen molar-refractivity contribution in [2.45, 2.75) is 283 Å². The molecule has 30 atom stereocenters. The van der Waals surface area contributed by atoms with Crippen LogP contribution in [0.15, 0.2) is 34.9 Å². The first-order chi connectivity index (χ1) is 43.3. The lowest BCUT2D eigenvalue weighted by molar-refractivity contribution is -0.407. The lowest BCUT2D eigenvalue weighted by Crippen LogP contribution is -2.73. The molecule has 0 aromatic carbocycles. The van der Waals surface area contributed by atoms with Gasteiger partial charge in [0.2, 0.25) is 0 Å². The SMILES string of the molecule is C/C=C(/C)C(=O)OC1C(O)[C@H](O[C@H]2[C@H](O)[C@@]3(COC(C)=O)C(CC2(C)C)C2=CCC4[C@@]5(C)CC[C@H](O[C@@H]6OC(C(=O)O)[C@@H](O)C(C)(O[C@@H]7O[C@@H](CO)C(O)C7O)C6O[C@@H]6OC(CO)[C@H](O)C(O)C6O)C(C)(C)C5CC[C@@]4(C)[C@]2(C)C[C@H]3O)OC(C)[C@@H]1OC(=O)/C(C)=C\C. The van der Waals surface area contributed by atoms with Gasteiger partial charge < -0.3 is 113 Å². The van der Waals surface area contributed by atoms with Crippen molar-refractivity contribution in [1.82, 2.24) is 0 Å². The Balaban J connectivity index is 1.02. The van der Waals surface area contributed by atoms with Gasteiger partial charge >= 0.3 is 23.9 Å². The van der Waals surface area contributed by atoms with E-state index in [4.69, 9.17) is 52.1 Å². The highest BCUT2D eigenvalue weighted by atomic mass is 16.8. The Labute approximate surface area is 542 Å². The number of esters is 3. The summed E-state index contributed by atoms with van der Waals surface area (Å²) in [5.74, 6) is -4.59. The summed E-state index contributed by atoms with van der Waals surface area (Å²) >= 11 is 0. The van der Waals surface area contributed by atoms with Gasteiger partial charge in [-0.05, 0) is 131 Å². The molecule has 27 heteroatoms. The quantitative estimate of drug-likeness (QED) is 0.0319. The van der Waals surface area contributed by atoms with Crippen molar-refractivity contribution in [3.05, 3.63) is 34.9 Å². The van der Waals surface area contributed by atoms with Crippen LogP contribution in [-0.2, 0) is 71.3 Å². The third kappa shape index (κ3) is 12.3. The summed E-state index contributed by atoms with van der Waals surface area (Å²) in [6.45, 7) is 23.0. The Hall–Kier alpha value is -3.66. The van der Waals surface area contributed by atoms with E-state index in [1.807, 2.05) is 27.7 Å². The maximum Gasteiger partial charge on any atom is 0.335 e. The zero-order chi connectivity index (χ0) is 68.9. The molecule has 528 valence electrons. The van der Waals surface area contributed by atoms with E-state index in [2.05, 4.69) is 26.8 Å². The van der Waals surface area contributed by atoms with E-state index in [1.54, 1.807) is 33.8 Å². The summed E-state index contributed by atoms with van der Waals surface area (Å²) in [6.07, 6.45) is -27.6. The predicted molar refractivity (Wildman–Crippen MR) is 321 cm³/mol. The van der Waals surface area contributed by atoms with Crippen LogP contribution >= 0.6 is 0 Å². The van der Waals surface area contributed by atoms with E-state index in [-0.39, 0.29) is 35.8 Å². The number of ether oxygens (including phenoxy) is 11. The van der Waals surface area contributed by atoms with Gasteiger partial charge in [-0.1, -0.05) is 72.3 Å². The van der Waals surface area contributed by atoms with Crippen molar-refractivity contribution >= 4 is 23.9 Å². The average molecular weight is 1330 g/mol. The molecule has 0 spiro atoms. The van der Waals surface area contributed by atoms with Crippen LogP contribution in [0.5, 0.6) is 0 Å². The summed E-state index contributed by atoms with van der Waals surface area (Å²) < 4.78 is 67.8. The number of fused-ring (bicyclic) bond motifs is 7. The van der Waals surface area contributed by atoms with Gasteiger partial charge in [0, 0.05) is 18.1 Å². The number of carbonyl (C=O) groups excluding carboxylic acids is 3. The number of aliphatic carboxylic acids is 1. The molecule has 0 radical (unpaired) electrons. The number of aliphatic hydroxyl groups is 11. The molecule has 0 aromatic heterocycles. The van der Waals surface area contributed by atoms with E-state index < -0.39 is 223 Å². The summed E-state index contributed by atoms with van der Waals surface area (Å²) in [7, 11) is 0. The van der Waals surface area contributed by atoms with Crippen LogP contribution in [0.2, 0.25) is 0 Å². The molecule has 0 bridgehead atoms. The van der Waals surface area contributed by atoms with Gasteiger partial charge in [0.1, 0.15) is 73.2 Å². The van der Waals surface area contributed by atoms with Gasteiger partial charge in [0.05, 0.1) is 49.1 Å². The topological polar surface area (TPSA) is 413 Å². The number of hydrogen-bond donors (Lipinski definition) is 12. The minimum absolute atomic E-state index is 0.0496. The van der Waals surface area contributed by atoms with Crippen molar-refractivity contribution in [1.29, 1.82) is 0 Å².